The molecule has 0 spiro atoms. The van der Waals surface area contributed by atoms with E-state index < -0.39 is 29.0 Å². The van der Waals surface area contributed by atoms with E-state index in [-0.39, 0.29) is 22.8 Å². The number of ether oxygens (including phenoxy) is 1. The van der Waals surface area contributed by atoms with Gasteiger partial charge in [0.25, 0.3) is 5.56 Å². The van der Waals surface area contributed by atoms with Gasteiger partial charge >= 0.3 is 0 Å². The number of hydrogen-bond donors (Lipinski definition) is 1. The lowest BCUT2D eigenvalue weighted by Crippen LogP contribution is -2.36. The summed E-state index contributed by atoms with van der Waals surface area (Å²) in [6.45, 7) is 1.68. The summed E-state index contributed by atoms with van der Waals surface area (Å²) in [7, 11) is 1.61. The number of aromatic nitrogens is 1. The van der Waals surface area contributed by atoms with Crippen molar-refractivity contribution in [3.05, 3.63) is 75.5 Å². The lowest BCUT2D eigenvalue weighted by atomic mass is 10.1. The first-order chi connectivity index (χ1) is 13.2. The van der Waals surface area contributed by atoms with Crippen molar-refractivity contribution in [2.24, 2.45) is 12.0 Å². The van der Waals surface area contributed by atoms with Crippen molar-refractivity contribution in [2.75, 3.05) is 12.0 Å². The minimum absolute atomic E-state index is 0.152. The summed E-state index contributed by atoms with van der Waals surface area (Å²) in [6, 6.07) is 4.65. The normalized spacial score (nSPS) is 17.4. The molecule has 0 radical (unpaired) electrons. The van der Waals surface area contributed by atoms with Crippen LogP contribution in [0.2, 0.25) is 0 Å². The van der Waals surface area contributed by atoms with E-state index in [1.807, 2.05) is 0 Å². The predicted octanol–water partition coefficient (Wildman–Crippen LogP) is 1.99. The second-order valence-electron chi connectivity index (χ2n) is 6.41. The van der Waals surface area contributed by atoms with Gasteiger partial charge in [-0.1, -0.05) is 11.2 Å². The van der Waals surface area contributed by atoms with Crippen molar-refractivity contribution < 1.29 is 18.1 Å². The Labute approximate surface area is 163 Å². The Kier molecular flexibility index (Phi) is 5.85. The highest BCUT2D eigenvalue weighted by atomic mass is 32.2. The van der Waals surface area contributed by atoms with E-state index in [0.717, 1.165) is 12.1 Å². The maximum Gasteiger partial charge on any atom is 0.253 e. The van der Waals surface area contributed by atoms with Crippen molar-refractivity contribution in [3.63, 3.8) is 0 Å². The van der Waals surface area contributed by atoms with Gasteiger partial charge < -0.3 is 19.2 Å². The zero-order chi connectivity index (χ0) is 20.4. The number of halogens is 2. The summed E-state index contributed by atoms with van der Waals surface area (Å²) < 4.78 is 45.8. The largest absolute Gasteiger partial charge is 0.616 e. The molecule has 2 atom stereocenters. The molecule has 148 valence electrons. The summed E-state index contributed by atoms with van der Waals surface area (Å²) in [6.07, 6.45) is 4.20. The quantitative estimate of drug-likeness (QED) is 0.769. The molecule has 0 fully saturated rings. The lowest BCUT2D eigenvalue weighted by Gasteiger charge is -2.23. The van der Waals surface area contributed by atoms with Crippen molar-refractivity contribution >= 4 is 16.9 Å². The summed E-state index contributed by atoms with van der Waals surface area (Å²) in [4.78, 5) is 16.5. The first-order valence-electron chi connectivity index (χ1n) is 8.39. The average molecular weight is 407 g/mol. The Bertz CT molecular complexity index is 992. The van der Waals surface area contributed by atoms with Gasteiger partial charge in [-0.15, -0.1) is 0 Å². The molecule has 3 rings (SSSR count). The SMILES string of the molecule is Cc1cc(C2=NC(C[S+](C)[O-])NC=C2Oc2ccc(F)cc2F)cn(C)c1=O. The van der Waals surface area contributed by atoms with E-state index in [1.54, 1.807) is 32.5 Å². The summed E-state index contributed by atoms with van der Waals surface area (Å²) >= 11 is -1.10. The molecule has 2 unspecified atom stereocenters. The molecular weight excluding hydrogens is 388 g/mol. The number of hydrogen-bond acceptors (Lipinski definition) is 5. The van der Waals surface area contributed by atoms with Gasteiger partial charge in [0.15, 0.2) is 23.5 Å². The fraction of sp³-hybridized carbons (Fsp3) is 0.263. The number of pyridine rings is 1. The Balaban J connectivity index is 2.01. The second-order valence-corrected chi connectivity index (χ2v) is 7.89. The number of nitrogens with one attached hydrogen (secondary N) is 1. The zero-order valence-corrected chi connectivity index (χ0v) is 16.3. The first-order valence-corrected chi connectivity index (χ1v) is 10.1. The molecule has 0 amide bonds. The third-order valence-corrected chi connectivity index (χ3v) is 4.85. The molecule has 2 aromatic rings. The molecule has 0 bridgehead atoms. The third kappa shape index (κ3) is 4.42. The highest BCUT2D eigenvalue weighted by molar-refractivity contribution is 7.90. The predicted molar refractivity (Wildman–Crippen MR) is 104 cm³/mol. The molecule has 1 aliphatic heterocycles. The van der Waals surface area contributed by atoms with Crippen molar-refractivity contribution in [3.8, 4) is 5.75 Å². The molecule has 9 heteroatoms. The van der Waals surface area contributed by atoms with Crippen LogP contribution in [0.3, 0.4) is 0 Å². The van der Waals surface area contributed by atoms with Crippen LogP contribution in [0.1, 0.15) is 11.1 Å². The van der Waals surface area contributed by atoms with Crippen molar-refractivity contribution in [1.29, 1.82) is 0 Å². The van der Waals surface area contributed by atoms with Gasteiger partial charge in [-0.2, -0.15) is 0 Å². The van der Waals surface area contributed by atoms with E-state index in [2.05, 4.69) is 10.3 Å². The van der Waals surface area contributed by atoms with Crippen LogP contribution in [0.5, 0.6) is 5.75 Å². The minimum atomic E-state index is -1.10. The molecule has 1 N–H and O–H groups in total. The van der Waals surface area contributed by atoms with E-state index in [1.165, 1.54) is 16.8 Å². The summed E-state index contributed by atoms with van der Waals surface area (Å²) in [5.74, 6) is -1.27. The number of nitrogens with zero attached hydrogens (tertiary/aromatic N) is 2. The van der Waals surface area contributed by atoms with Gasteiger partial charge in [0.2, 0.25) is 0 Å². The number of aryl methyl sites for hydroxylation is 2. The van der Waals surface area contributed by atoms with Crippen LogP contribution < -0.4 is 15.6 Å². The van der Waals surface area contributed by atoms with E-state index >= 15 is 0 Å². The van der Waals surface area contributed by atoms with Crippen LogP contribution in [0.25, 0.3) is 0 Å². The molecular formula is C19H19F2N3O3S. The topological polar surface area (TPSA) is 78.7 Å². The standard InChI is InChI=1S/C19H19F2N3O3S/c1-11-6-12(9-24(2)19(11)25)18-16(8-22-17(23-18)10-28(3)26)27-15-5-4-13(20)7-14(15)21/h4-9,17,22H,10H2,1-3H3. The van der Waals surface area contributed by atoms with Gasteiger partial charge in [-0.05, 0) is 25.1 Å². The molecule has 2 heterocycles. The molecule has 1 aromatic heterocycles. The fourth-order valence-corrected chi connectivity index (χ4v) is 3.40. The number of rotatable bonds is 5. The zero-order valence-electron chi connectivity index (χ0n) is 15.5. The van der Waals surface area contributed by atoms with Crippen LogP contribution in [0.4, 0.5) is 8.78 Å². The maximum atomic E-state index is 14.0. The van der Waals surface area contributed by atoms with E-state index in [0.29, 0.717) is 16.8 Å². The Hall–Kier alpha value is -2.65. The van der Waals surface area contributed by atoms with E-state index in [9.17, 15) is 18.1 Å². The van der Waals surface area contributed by atoms with Gasteiger partial charge in [0.05, 0.1) is 6.26 Å². The number of allylic oxidation sites excluding steroid dienone is 1. The van der Waals surface area contributed by atoms with Crippen molar-refractivity contribution in [2.45, 2.75) is 13.1 Å². The van der Waals surface area contributed by atoms with Crippen LogP contribution in [-0.4, -0.2) is 33.0 Å². The molecule has 28 heavy (non-hydrogen) atoms. The monoisotopic (exact) mass is 407 g/mol. The molecule has 0 aliphatic carbocycles. The first kappa shape index (κ1) is 20.1. The fourth-order valence-electron chi connectivity index (χ4n) is 2.78. The average Bonchev–Trinajstić information content (AvgIpc) is 2.62. The lowest BCUT2D eigenvalue weighted by molar-refractivity contribution is 0.406. The Morgan fingerprint density at radius 1 is 1.36 bits per heavy atom. The Morgan fingerprint density at radius 3 is 2.75 bits per heavy atom. The third-order valence-electron chi connectivity index (χ3n) is 4.07. The van der Waals surface area contributed by atoms with Crippen molar-refractivity contribution in [1.82, 2.24) is 9.88 Å². The Morgan fingerprint density at radius 2 is 2.11 bits per heavy atom. The smallest absolute Gasteiger partial charge is 0.253 e. The molecule has 0 saturated heterocycles. The number of benzene rings is 1. The second kappa shape index (κ2) is 8.15. The molecule has 1 aromatic carbocycles. The van der Waals surface area contributed by atoms with Crippen LogP contribution in [-0.2, 0) is 18.2 Å². The highest BCUT2D eigenvalue weighted by Crippen LogP contribution is 2.23. The van der Waals surface area contributed by atoms with E-state index in [4.69, 9.17) is 4.74 Å². The van der Waals surface area contributed by atoms with Crippen LogP contribution in [0.15, 0.2) is 52.2 Å². The molecule has 1 aliphatic rings. The highest BCUT2D eigenvalue weighted by Gasteiger charge is 2.24. The summed E-state index contributed by atoms with van der Waals surface area (Å²) in [5, 5.41) is 2.96. The molecule has 0 saturated carbocycles. The number of aliphatic imine (C=N–C) groups is 1. The summed E-state index contributed by atoms with van der Waals surface area (Å²) in [5.41, 5.74) is 1.31. The maximum absolute atomic E-state index is 14.0. The van der Waals surface area contributed by atoms with Gasteiger partial charge in [-0.3, -0.25) is 9.79 Å². The molecule has 6 nitrogen and oxygen atoms in total. The minimum Gasteiger partial charge on any atom is -0.616 e. The van der Waals surface area contributed by atoms with Crippen LogP contribution in [0, 0.1) is 18.6 Å². The van der Waals surface area contributed by atoms with Gasteiger partial charge in [-0.25, -0.2) is 8.78 Å². The van der Waals surface area contributed by atoms with Gasteiger partial charge in [0, 0.05) is 36.6 Å². The van der Waals surface area contributed by atoms with Gasteiger partial charge in [0.1, 0.15) is 17.3 Å². The van der Waals surface area contributed by atoms with Crippen LogP contribution >= 0.6 is 0 Å².